The number of nitrogens with zero attached hydrogens (tertiary/aromatic N) is 1. The Morgan fingerprint density at radius 2 is 1.77 bits per heavy atom. The Bertz CT molecular complexity index is 978. The van der Waals surface area contributed by atoms with Crippen LogP contribution in [0.5, 0.6) is 5.75 Å². The number of hydrogen-bond donors (Lipinski definition) is 1. The Kier molecular flexibility index (Phi) is 7.13. The molecule has 1 N–H and O–H groups in total. The third-order valence-electron chi connectivity index (χ3n) is 5.39. The number of para-hydroxylation sites is 1. The highest BCUT2D eigenvalue weighted by Crippen LogP contribution is 2.40. The van der Waals surface area contributed by atoms with E-state index in [0.717, 1.165) is 17.5 Å². The van der Waals surface area contributed by atoms with E-state index in [1.54, 1.807) is 24.3 Å². The molecule has 2 aromatic rings. The number of benzene rings is 2. The first kappa shape index (κ1) is 22.6. The van der Waals surface area contributed by atoms with Crippen molar-refractivity contribution in [2.75, 3.05) is 20.3 Å². The molecule has 1 unspecified atom stereocenters. The Hall–Kier alpha value is -3.12. The quantitative estimate of drug-likeness (QED) is 0.393. The summed E-state index contributed by atoms with van der Waals surface area (Å²) in [6.45, 7) is 6.42. The van der Waals surface area contributed by atoms with E-state index in [0.29, 0.717) is 17.9 Å². The van der Waals surface area contributed by atoms with E-state index < -0.39 is 17.7 Å². The van der Waals surface area contributed by atoms with Gasteiger partial charge in [0, 0.05) is 6.54 Å². The lowest BCUT2D eigenvalue weighted by atomic mass is 9.94. The molecule has 1 aliphatic heterocycles. The number of likely N-dealkylation sites (tertiary alicyclic amines) is 1. The summed E-state index contributed by atoms with van der Waals surface area (Å²) < 4.78 is 11.0. The number of amides is 1. The highest BCUT2D eigenvalue weighted by Gasteiger charge is 2.46. The molecular formula is C25H29NO5. The Morgan fingerprint density at radius 1 is 1.10 bits per heavy atom. The molecule has 0 bridgehead atoms. The summed E-state index contributed by atoms with van der Waals surface area (Å²) >= 11 is 0. The number of carbonyl (C=O) groups excluding carboxylic acids is 2. The van der Waals surface area contributed by atoms with Gasteiger partial charge in [-0.3, -0.25) is 9.59 Å². The Balaban J connectivity index is 2.12. The number of hydrogen-bond acceptors (Lipinski definition) is 5. The standard InChI is InChI=1S/C25H29NO5/c1-5-17-10-12-18(13-11-17)22-21(23(27)19-8-6-7-9-20(19)30-4)24(28)25(29)26(22)14-15-31-16(2)3/h6-13,16,22,27H,5,14-15H2,1-4H3/b23-21-. The molecule has 0 saturated carbocycles. The minimum Gasteiger partial charge on any atom is -0.507 e. The number of methoxy groups -OCH3 is 1. The molecule has 0 aromatic heterocycles. The third-order valence-corrected chi connectivity index (χ3v) is 5.39. The first-order valence-electron chi connectivity index (χ1n) is 10.5. The van der Waals surface area contributed by atoms with Gasteiger partial charge in [0.2, 0.25) is 0 Å². The minimum atomic E-state index is -0.711. The second-order valence-electron chi connectivity index (χ2n) is 7.71. The van der Waals surface area contributed by atoms with Crippen LogP contribution < -0.4 is 4.74 Å². The molecule has 31 heavy (non-hydrogen) atoms. The highest BCUT2D eigenvalue weighted by molar-refractivity contribution is 6.46. The smallest absolute Gasteiger partial charge is 0.295 e. The molecule has 6 heteroatoms. The lowest BCUT2D eigenvalue weighted by Crippen LogP contribution is -2.33. The molecular weight excluding hydrogens is 394 g/mol. The van der Waals surface area contributed by atoms with Crippen LogP contribution in [0.25, 0.3) is 5.76 Å². The first-order valence-corrected chi connectivity index (χ1v) is 10.5. The van der Waals surface area contributed by atoms with Crippen molar-refractivity contribution in [1.29, 1.82) is 0 Å². The van der Waals surface area contributed by atoms with Crippen molar-refractivity contribution in [2.45, 2.75) is 39.3 Å². The normalized spacial score (nSPS) is 18.1. The second-order valence-corrected chi connectivity index (χ2v) is 7.71. The summed E-state index contributed by atoms with van der Waals surface area (Å²) in [6.07, 6.45) is 0.886. The molecule has 3 rings (SSSR count). The maximum absolute atomic E-state index is 13.0. The number of ketones is 1. The predicted octanol–water partition coefficient (Wildman–Crippen LogP) is 4.10. The number of aliphatic hydroxyl groups excluding tert-OH is 1. The number of aryl methyl sites for hydroxylation is 1. The number of rotatable bonds is 8. The molecule has 1 fully saturated rings. The number of Topliss-reactive ketones (excluding diaryl/α,β-unsaturated/α-hetero) is 1. The van der Waals surface area contributed by atoms with Gasteiger partial charge < -0.3 is 19.5 Å². The van der Waals surface area contributed by atoms with Gasteiger partial charge in [-0.2, -0.15) is 0 Å². The fraction of sp³-hybridized carbons (Fsp3) is 0.360. The monoisotopic (exact) mass is 423 g/mol. The van der Waals surface area contributed by atoms with E-state index in [1.165, 1.54) is 12.0 Å². The fourth-order valence-electron chi connectivity index (χ4n) is 3.76. The number of aliphatic hydroxyl groups is 1. The van der Waals surface area contributed by atoms with Crippen molar-refractivity contribution >= 4 is 17.4 Å². The lowest BCUT2D eigenvalue weighted by Gasteiger charge is -2.26. The second kappa shape index (κ2) is 9.79. The molecule has 164 valence electrons. The van der Waals surface area contributed by atoms with Gasteiger partial charge in [0.05, 0.1) is 37.0 Å². The zero-order valence-corrected chi connectivity index (χ0v) is 18.4. The van der Waals surface area contributed by atoms with Gasteiger partial charge in [-0.15, -0.1) is 0 Å². The van der Waals surface area contributed by atoms with E-state index in [1.807, 2.05) is 38.1 Å². The molecule has 1 heterocycles. The van der Waals surface area contributed by atoms with Crippen LogP contribution in [0, 0.1) is 0 Å². The van der Waals surface area contributed by atoms with Crippen LogP contribution in [0.2, 0.25) is 0 Å². The van der Waals surface area contributed by atoms with Crippen molar-refractivity contribution in [2.24, 2.45) is 0 Å². The van der Waals surface area contributed by atoms with Crippen molar-refractivity contribution < 1.29 is 24.2 Å². The number of ether oxygens (including phenoxy) is 2. The molecule has 6 nitrogen and oxygen atoms in total. The molecule has 1 saturated heterocycles. The highest BCUT2D eigenvalue weighted by atomic mass is 16.5. The number of carbonyl (C=O) groups is 2. The average Bonchev–Trinajstić information content (AvgIpc) is 3.03. The van der Waals surface area contributed by atoms with E-state index in [9.17, 15) is 14.7 Å². The van der Waals surface area contributed by atoms with Crippen LogP contribution in [-0.4, -0.2) is 48.1 Å². The zero-order valence-electron chi connectivity index (χ0n) is 18.4. The maximum Gasteiger partial charge on any atom is 0.295 e. The van der Waals surface area contributed by atoms with Crippen LogP contribution in [0.4, 0.5) is 0 Å². The van der Waals surface area contributed by atoms with Crippen molar-refractivity contribution in [1.82, 2.24) is 4.90 Å². The molecule has 0 aliphatic carbocycles. The van der Waals surface area contributed by atoms with Gasteiger partial charge in [-0.25, -0.2) is 0 Å². The SMILES string of the molecule is CCc1ccc(C2/C(=C(/O)c3ccccc3OC)C(=O)C(=O)N2CCOC(C)C)cc1. The predicted molar refractivity (Wildman–Crippen MR) is 119 cm³/mol. The summed E-state index contributed by atoms with van der Waals surface area (Å²) in [4.78, 5) is 27.5. The van der Waals surface area contributed by atoms with E-state index in [-0.39, 0.29) is 24.0 Å². The zero-order chi connectivity index (χ0) is 22.5. The van der Waals surface area contributed by atoms with Crippen LogP contribution in [0.3, 0.4) is 0 Å². The topological polar surface area (TPSA) is 76.1 Å². The summed E-state index contributed by atoms with van der Waals surface area (Å²) in [5.74, 6) is -1.17. The van der Waals surface area contributed by atoms with Gasteiger partial charge >= 0.3 is 0 Å². The molecule has 1 atom stereocenters. The molecule has 0 radical (unpaired) electrons. The fourth-order valence-corrected chi connectivity index (χ4v) is 3.76. The molecule has 2 aromatic carbocycles. The molecule has 1 amide bonds. The van der Waals surface area contributed by atoms with Gasteiger partial charge in [0.25, 0.3) is 11.7 Å². The molecule has 1 aliphatic rings. The third kappa shape index (κ3) is 4.64. The van der Waals surface area contributed by atoms with Gasteiger partial charge in [-0.1, -0.05) is 43.3 Å². The van der Waals surface area contributed by atoms with Crippen molar-refractivity contribution in [3.05, 3.63) is 70.8 Å². The van der Waals surface area contributed by atoms with E-state index in [4.69, 9.17) is 9.47 Å². The van der Waals surface area contributed by atoms with Gasteiger partial charge in [0.1, 0.15) is 11.5 Å². The van der Waals surface area contributed by atoms with Crippen LogP contribution >= 0.6 is 0 Å². The van der Waals surface area contributed by atoms with Gasteiger partial charge in [-0.05, 0) is 43.5 Å². The van der Waals surface area contributed by atoms with Crippen LogP contribution in [0.1, 0.15) is 43.5 Å². The van der Waals surface area contributed by atoms with E-state index in [2.05, 4.69) is 6.92 Å². The lowest BCUT2D eigenvalue weighted by molar-refractivity contribution is -0.140. The largest absolute Gasteiger partial charge is 0.507 e. The minimum absolute atomic E-state index is 0.00712. The van der Waals surface area contributed by atoms with Gasteiger partial charge in [0.15, 0.2) is 0 Å². The van der Waals surface area contributed by atoms with E-state index >= 15 is 0 Å². The summed E-state index contributed by atoms with van der Waals surface area (Å²) in [7, 11) is 1.49. The molecule has 0 spiro atoms. The maximum atomic E-state index is 13.0. The first-order chi connectivity index (χ1) is 14.9. The van der Waals surface area contributed by atoms with Crippen LogP contribution in [0.15, 0.2) is 54.1 Å². The van der Waals surface area contributed by atoms with Crippen LogP contribution in [-0.2, 0) is 20.7 Å². The summed E-state index contributed by atoms with van der Waals surface area (Å²) in [5.41, 5.74) is 2.34. The average molecular weight is 424 g/mol. The summed E-state index contributed by atoms with van der Waals surface area (Å²) in [6, 6.07) is 13.9. The Labute approximate surface area is 183 Å². The Morgan fingerprint density at radius 3 is 2.39 bits per heavy atom. The van der Waals surface area contributed by atoms with Crippen molar-refractivity contribution in [3.8, 4) is 5.75 Å². The van der Waals surface area contributed by atoms with Crippen molar-refractivity contribution in [3.63, 3.8) is 0 Å². The summed E-state index contributed by atoms with van der Waals surface area (Å²) in [5, 5.41) is 11.2.